The van der Waals surface area contributed by atoms with Gasteiger partial charge >= 0.3 is 6.03 Å². The van der Waals surface area contributed by atoms with Crippen LogP contribution in [0.2, 0.25) is 0 Å². The molecule has 2 N–H and O–H groups in total. The highest BCUT2D eigenvalue weighted by Crippen LogP contribution is 2.10. The van der Waals surface area contributed by atoms with Gasteiger partial charge in [-0.2, -0.15) is 11.8 Å². The van der Waals surface area contributed by atoms with Gasteiger partial charge in [0.1, 0.15) is 12.1 Å². The second-order valence-corrected chi connectivity index (χ2v) is 5.78. The van der Waals surface area contributed by atoms with Crippen molar-refractivity contribution >= 4 is 23.6 Å². The fraction of sp³-hybridized carbons (Fsp3) is 0.615. The molecule has 2 amide bonds. The van der Waals surface area contributed by atoms with Crippen molar-refractivity contribution < 1.29 is 9.53 Å². The molecule has 7 nitrogen and oxygen atoms in total. The molecule has 0 atom stereocenters. The Bertz CT molecular complexity index is 454. The highest BCUT2D eigenvalue weighted by molar-refractivity contribution is 7.99. The lowest BCUT2D eigenvalue weighted by Gasteiger charge is -2.26. The van der Waals surface area contributed by atoms with E-state index in [2.05, 4.69) is 20.6 Å². The van der Waals surface area contributed by atoms with Crippen molar-refractivity contribution in [3.05, 3.63) is 12.4 Å². The Morgan fingerprint density at radius 2 is 2.19 bits per heavy atom. The third kappa shape index (κ3) is 5.30. The summed E-state index contributed by atoms with van der Waals surface area (Å²) < 4.78 is 5.03. The summed E-state index contributed by atoms with van der Waals surface area (Å²) in [7, 11) is 1.57. The molecule has 1 saturated heterocycles. The Balaban J connectivity index is 1.60. The number of hydrogen-bond donors (Lipinski definition) is 2. The summed E-state index contributed by atoms with van der Waals surface area (Å²) in [5, 5.41) is 6.11. The average Bonchev–Trinajstić information content (AvgIpc) is 2.55. The number of nitrogens with zero attached hydrogens (tertiary/aromatic N) is 3. The van der Waals surface area contributed by atoms with Crippen LogP contribution >= 0.6 is 11.8 Å². The second kappa shape index (κ2) is 8.56. The number of anilines is 1. The third-order valence-electron chi connectivity index (χ3n) is 3.09. The van der Waals surface area contributed by atoms with Gasteiger partial charge in [0.2, 0.25) is 5.88 Å². The molecule has 1 aliphatic rings. The van der Waals surface area contributed by atoms with E-state index >= 15 is 0 Å². The maximum absolute atomic E-state index is 11.9. The van der Waals surface area contributed by atoms with Crippen LogP contribution in [0.3, 0.4) is 0 Å². The molecule has 116 valence electrons. The topological polar surface area (TPSA) is 79.4 Å². The number of ether oxygens (including phenoxy) is 1. The van der Waals surface area contributed by atoms with Crippen LogP contribution < -0.4 is 15.4 Å². The number of urea groups is 1. The molecule has 1 aromatic heterocycles. The Labute approximate surface area is 128 Å². The van der Waals surface area contributed by atoms with Crippen molar-refractivity contribution in [2.24, 2.45) is 0 Å². The van der Waals surface area contributed by atoms with E-state index in [4.69, 9.17) is 4.74 Å². The van der Waals surface area contributed by atoms with E-state index in [0.29, 0.717) is 12.4 Å². The van der Waals surface area contributed by atoms with Crippen molar-refractivity contribution in [2.75, 3.05) is 50.1 Å². The number of methoxy groups -OCH3 is 1. The van der Waals surface area contributed by atoms with Crippen molar-refractivity contribution in [1.29, 1.82) is 0 Å². The first-order valence-electron chi connectivity index (χ1n) is 7.00. The van der Waals surface area contributed by atoms with Crippen LogP contribution in [-0.2, 0) is 0 Å². The van der Waals surface area contributed by atoms with Crippen LogP contribution in [0.15, 0.2) is 12.4 Å². The third-order valence-corrected chi connectivity index (χ3v) is 4.03. The summed E-state index contributed by atoms with van der Waals surface area (Å²) in [5.74, 6) is 3.32. The second-order valence-electron chi connectivity index (χ2n) is 4.56. The Morgan fingerprint density at radius 1 is 1.38 bits per heavy atom. The Morgan fingerprint density at radius 3 is 2.95 bits per heavy atom. The first kappa shape index (κ1) is 15.7. The number of carbonyl (C=O) groups excluding carboxylic acids is 1. The molecule has 1 fully saturated rings. The lowest BCUT2D eigenvalue weighted by Crippen LogP contribution is -2.44. The summed E-state index contributed by atoms with van der Waals surface area (Å²) in [6.45, 7) is 3.07. The molecule has 0 spiro atoms. The predicted molar refractivity (Wildman–Crippen MR) is 84.0 cm³/mol. The van der Waals surface area contributed by atoms with Gasteiger partial charge in [0.15, 0.2) is 0 Å². The van der Waals surface area contributed by atoms with Gasteiger partial charge in [-0.1, -0.05) is 0 Å². The molecule has 8 heteroatoms. The number of thioether (sulfide) groups is 1. The Hall–Kier alpha value is -1.70. The summed E-state index contributed by atoms with van der Waals surface area (Å²) in [6.07, 6.45) is 2.29. The lowest BCUT2D eigenvalue weighted by molar-refractivity contribution is 0.203. The van der Waals surface area contributed by atoms with Gasteiger partial charge in [0.05, 0.1) is 7.11 Å². The summed E-state index contributed by atoms with van der Waals surface area (Å²) in [5.41, 5.74) is 0. The molecule has 2 rings (SSSR count). The minimum absolute atomic E-state index is 0.0407. The van der Waals surface area contributed by atoms with Crippen LogP contribution in [0.1, 0.15) is 6.42 Å². The zero-order valence-electron chi connectivity index (χ0n) is 12.2. The van der Waals surface area contributed by atoms with Gasteiger partial charge in [0.25, 0.3) is 0 Å². The standard InChI is InChI=1S/C13H21N5O2S/c1-20-12-9-11(16-10-17-12)14-3-2-4-15-13(19)18-5-7-21-8-6-18/h9-10H,2-8H2,1H3,(H,15,19)(H,14,16,17). The van der Waals surface area contributed by atoms with Gasteiger partial charge in [-0.25, -0.2) is 14.8 Å². The maximum Gasteiger partial charge on any atom is 0.317 e. The number of amides is 2. The number of rotatable bonds is 6. The SMILES string of the molecule is COc1cc(NCCCNC(=O)N2CCSCC2)ncn1. The van der Waals surface area contributed by atoms with E-state index in [1.54, 1.807) is 13.2 Å². The fourth-order valence-corrected chi connectivity index (χ4v) is 2.83. The molecule has 0 bridgehead atoms. The van der Waals surface area contributed by atoms with Crippen molar-refractivity contribution in [3.63, 3.8) is 0 Å². The summed E-state index contributed by atoms with van der Waals surface area (Å²) >= 11 is 1.89. The molecular formula is C13H21N5O2S. The number of hydrogen-bond acceptors (Lipinski definition) is 6. The summed E-state index contributed by atoms with van der Waals surface area (Å²) in [6, 6.07) is 1.78. The van der Waals surface area contributed by atoms with Crippen LogP contribution in [0.5, 0.6) is 5.88 Å². The molecule has 0 aliphatic carbocycles. The maximum atomic E-state index is 11.9. The van der Waals surface area contributed by atoms with Gasteiger partial charge in [-0.3, -0.25) is 0 Å². The quantitative estimate of drug-likeness (QED) is 0.764. The average molecular weight is 311 g/mol. The largest absolute Gasteiger partial charge is 0.481 e. The number of aromatic nitrogens is 2. The molecule has 21 heavy (non-hydrogen) atoms. The molecule has 1 aromatic rings. The highest BCUT2D eigenvalue weighted by Gasteiger charge is 2.15. The van der Waals surface area contributed by atoms with Crippen LogP contribution in [0, 0.1) is 0 Å². The minimum atomic E-state index is 0.0407. The van der Waals surface area contributed by atoms with Gasteiger partial charge in [-0.15, -0.1) is 0 Å². The molecule has 2 heterocycles. The smallest absolute Gasteiger partial charge is 0.317 e. The molecule has 0 saturated carbocycles. The van der Waals surface area contributed by atoms with E-state index < -0.39 is 0 Å². The highest BCUT2D eigenvalue weighted by atomic mass is 32.2. The zero-order valence-corrected chi connectivity index (χ0v) is 13.0. The number of nitrogens with one attached hydrogen (secondary N) is 2. The normalized spacial score (nSPS) is 14.6. The van der Waals surface area contributed by atoms with E-state index in [0.717, 1.165) is 43.4 Å². The van der Waals surface area contributed by atoms with Crippen LogP contribution in [0.4, 0.5) is 10.6 Å². The lowest BCUT2D eigenvalue weighted by atomic mass is 10.4. The molecule has 1 aliphatic heterocycles. The molecule has 0 unspecified atom stereocenters. The molecular weight excluding hydrogens is 290 g/mol. The fourth-order valence-electron chi connectivity index (χ4n) is 1.93. The van der Waals surface area contributed by atoms with Crippen molar-refractivity contribution in [2.45, 2.75) is 6.42 Å². The van der Waals surface area contributed by atoms with E-state index in [-0.39, 0.29) is 6.03 Å². The van der Waals surface area contributed by atoms with Gasteiger partial charge in [0, 0.05) is 43.8 Å². The van der Waals surface area contributed by atoms with E-state index in [1.165, 1.54) is 6.33 Å². The van der Waals surface area contributed by atoms with Crippen molar-refractivity contribution in [3.8, 4) is 5.88 Å². The molecule has 0 aromatic carbocycles. The molecule has 0 radical (unpaired) electrons. The van der Waals surface area contributed by atoms with E-state index in [1.807, 2.05) is 16.7 Å². The first-order chi connectivity index (χ1) is 10.3. The Kier molecular flexibility index (Phi) is 6.39. The summed E-state index contributed by atoms with van der Waals surface area (Å²) in [4.78, 5) is 21.8. The first-order valence-corrected chi connectivity index (χ1v) is 8.15. The monoisotopic (exact) mass is 311 g/mol. The van der Waals surface area contributed by atoms with Crippen LogP contribution in [-0.4, -0.2) is 65.7 Å². The van der Waals surface area contributed by atoms with Crippen molar-refractivity contribution in [1.82, 2.24) is 20.2 Å². The van der Waals surface area contributed by atoms with Crippen LogP contribution in [0.25, 0.3) is 0 Å². The van der Waals surface area contributed by atoms with Gasteiger partial charge < -0.3 is 20.3 Å². The zero-order chi connectivity index (χ0) is 14.9. The van der Waals surface area contributed by atoms with Gasteiger partial charge in [-0.05, 0) is 6.42 Å². The number of carbonyl (C=O) groups is 1. The van der Waals surface area contributed by atoms with E-state index in [9.17, 15) is 4.79 Å². The predicted octanol–water partition coefficient (Wildman–Crippen LogP) is 1.05. The minimum Gasteiger partial charge on any atom is -0.481 e.